The Morgan fingerprint density at radius 1 is 0.722 bits per heavy atom. The van der Waals surface area contributed by atoms with Gasteiger partial charge in [-0.1, -0.05) is 42.5 Å². The van der Waals surface area contributed by atoms with Gasteiger partial charge in [-0.15, -0.1) is 0 Å². The standard InChI is InChI=1S/C16H16N2/c1-17-14-10-6-7-11-15(14)18(2)16(17)12-13-8-4-3-5-9-13/h3-12H,1-2H3. The van der Waals surface area contributed by atoms with E-state index in [0.29, 0.717) is 0 Å². The highest BCUT2D eigenvalue weighted by atomic mass is 15.4. The Morgan fingerprint density at radius 3 is 1.78 bits per heavy atom. The number of para-hydroxylation sites is 2. The van der Waals surface area contributed by atoms with Gasteiger partial charge in [-0.25, -0.2) is 0 Å². The minimum Gasteiger partial charge on any atom is -0.329 e. The molecule has 1 aliphatic rings. The van der Waals surface area contributed by atoms with Crippen molar-refractivity contribution in [1.82, 2.24) is 0 Å². The molecule has 2 aromatic carbocycles. The van der Waals surface area contributed by atoms with Crippen molar-refractivity contribution in [1.29, 1.82) is 0 Å². The molecule has 1 aliphatic heterocycles. The molecule has 0 aliphatic carbocycles. The van der Waals surface area contributed by atoms with Crippen LogP contribution in [0.25, 0.3) is 6.08 Å². The van der Waals surface area contributed by atoms with E-state index in [2.05, 4.69) is 78.5 Å². The van der Waals surface area contributed by atoms with Crippen molar-refractivity contribution in [3.63, 3.8) is 0 Å². The Balaban J connectivity index is 2.04. The summed E-state index contributed by atoms with van der Waals surface area (Å²) in [4.78, 5) is 4.45. The highest BCUT2D eigenvalue weighted by Gasteiger charge is 2.24. The molecule has 2 aromatic rings. The minimum atomic E-state index is 1.20. The van der Waals surface area contributed by atoms with E-state index in [1.54, 1.807) is 0 Å². The average Bonchev–Trinajstić information content (AvgIpc) is 2.66. The topological polar surface area (TPSA) is 6.48 Å². The lowest BCUT2D eigenvalue weighted by atomic mass is 10.2. The van der Waals surface area contributed by atoms with Crippen molar-refractivity contribution in [3.05, 3.63) is 66.0 Å². The molecule has 0 N–H and O–H groups in total. The van der Waals surface area contributed by atoms with Crippen LogP contribution >= 0.6 is 0 Å². The number of rotatable bonds is 1. The molecule has 0 saturated heterocycles. The summed E-state index contributed by atoms with van der Waals surface area (Å²) < 4.78 is 0. The summed E-state index contributed by atoms with van der Waals surface area (Å²) >= 11 is 0. The molecule has 0 bridgehead atoms. The summed E-state index contributed by atoms with van der Waals surface area (Å²) in [6.45, 7) is 0. The maximum atomic E-state index is 2.22. The average molecular weight is 236 g/mol. The molecule has 2 heteroatoms. The zero-order valence-electron chi connectivity index (χ0n) is 10.7. The molecule has 0 spiro atoms. The maximum absolute atomic E-state index is 2.22. The minimum absolute atomic E-state index is 1.20. The van der Waals surface area contributed by atoms with Crippen molar-refractivity contribution in [2.45, 2.75) is 0 Å². The molecule has 0 radical (unpaired) electrons. The second-order valence-electron chi connectivity index (χ2n) is 4.52. The Kier molecular flexibility index (Phi) is 2.56. The van der Waals surface area contributed by atoms with Gasteiger partial charge < -0.3 is 9.80 Å². The van der Waals surface area contributed by atoms with Gasteiger partial charge in [0.2, 0.25) is 0 Å². The molecule has 2 nitrogen and oxygen atoms in total. The molecule has 3 rings (SSSR count). The predicted octanol–water partition coefficient (Wildman–Crippen LogP) is 3.57. The smallest absolute Gasteiger partial charge is 0.113 e. The van der Waals surface area contributed by atoms with Crippen LogP contribution in [0.1, 0.15) is 5.56 Å². The van der Waals surface area contributed by atoms with Crippen molar-refractivity contribution in [2.24, 2.45) is 0 Å². The number of benzene rings is 2. The van der Waals surface area contributed by atoms with Crippen molar-refractivity contribution < 1.29 is 0 Å². The number of hydrogen-bond acceptors (Lipinski definition) is 2. The van der Waals surface area contributed by atoms with Gasteiger partial charge in [-0.3, -0.25) is 0 Å². The lowest BCUT2D eigenvalue weighted by molar-refractivity contribution is 1.06. The molecule has 90 valence electrons. The molecule has 0 atom stereocenters. The number of fused-ring (bicyclic) bond motifs is 1. The first-order chi connectivity index (χ1) is 8.77. The summed E-state index contributed by atoms with van der Waals surface area (Å²) in [5.41, 5.74) is 3.73. The van der Waals surface area contributed by atoms with Crippen LogP contribution in [0.4, 0.5) is 11.4 Å². The van der Waals surface area contributed by atoms with Gasteiger partial charge in [0, 0.05) is 14.1 Å². The summed E-state index contributed by atoms with van der Waals surface area (Å²) in [6.07, 6.45) is 2.21. The fourth-order valence-electron chi connectivity index (χ4n) is 2.40. The Bertz CT molecular complexity index is 556. The Hall–Kier alpha value is -2.22. The number of hydrogen-bond donors (Lipinski definition) is 0. The Labute approximate surface area is 108 Å². The van der Waals surface area contributed by atoms with E-state index in [1.807, 2.05) is 6.07 Å². The highest BCUT2D eigenvalue weighted by Crippen LogP contribution is 2.39. The van der Waals surface area contributed by atoms with Gasteiger partial charge in [-0.05, 0) is 23.8 Å². The molecular formula is C16H16N2. The first-order valence-corrected chi connectivity index (χ1v) is 6.10. The second-order valence-corrected chi connectivity index (χ2v) is 4.52. The third-order valence-corrected chi connectivity index (χ3v) is 3.39. The molecule has 0 aromatic heterocycles. The lowest BCUT2D eigenvalue weighted by Gasteiger charge is -2.18. The third kappa shape index (κ3) is 1.66. The first-order valence-electron chi connectivity index (χ1n) is 6.10. The van der Waals surface area contributed by atoms with Crippen LogP contribution in [-0.4, -0.2) is 14.1 Å². The van der Waals surface area contributed by atoms with E-state index in [9.17, 15) is 0 Å². The van der Waals surface area contributed by atoms with E-state index < -0.39 is 0 Å². The monoisotopic (exact) mass is 236 g/mol. The molecule has 0 amide bonds. The van der Waals surface area contributed by atoms with E-state index in [4.69, 9.17) is 0 Å². The fourth-order valence-corrected chi connectivity index (χ4v) is 2.40. The summed E-state index contributed by atoms with van der Waals surface area (Å²) in [5.74, 6) is 1.20. The predicted molar refractivity (Wildman–Crippen MR) is 77.7 cm³/mol. The van der Waals surface area contributed by atoms with Crippen LogP contribution in [0.3, 0.4) is 0 Å². The van der Waals surface area contributed by atoms with Crippen LogP contribution < -0.4 is 9.80 Å². The maximum Gasteiger partial charge on any atom is 0.113 e. The second kappa shape index (κ2) is 4.22. The van der Waals surface area contributed by atoms with Crippen molar-refractivity contribution in [2.75, 3.05) is 23.9 Å². The van der Waals surface area contributed by atoms with Crippen LogP contribution in [0, 0.1) is 0 Å². The molecule has 0 unspecified atom stereocenters. The van der Waals surface area contributed by atoms with Crippen LogP contribution in [-0.2, 0) is 0 Å². The highest BCUT2D eigenvalue weighted by molar-refractivity contribution is 5.84. The van der Waals surface area contributed by atoms with Gasteiger partial charge in [0.15, 0.2) is 0 Å². The lowest BCUT2D eigenvalue weighted by Crippen LogP contribution is -2.21. The zero-order chi connectivity index (χ0) is 12.5. The van der Waals surface area contributed by atoms with E-state index in [-0.39, 0.29) is 0 Å². The molecular weight excluding hydrogens is 220 g/mol. The third-order valence-electron chi connectivity index (χ3n) is 3.39. The van der Waals surface area contributed by atoms with Gasteiger partial charge in [-0.2, -0.15) is 0 Å². The van der Waals surface area contributed by atoms with Gasteiger partial charge in [0.1, 0.15) is 5.82 Å². The van der Waals surface area contributed by atoms with Gasteiger partial charge >= 0.3 is 0 Å². The quantitative estimate of drug-likeness (QED) is 0.747. The van der Waals surface area contributed by atoms with Crippen LogP contribution in [0.2, 0.25) is 0 Å². The Morgan fingerprint density at radius 2 is 1.22 bits per heavy atom. The molecule has 1 heterocycles. The molecule has 0 saturated carbocycles. The van der Waals surface area contributed by atoms with Gasteiger partial charge in [0.05, 0.1) is 11.4 Å². The molecule has 18 heavy (non-hydrogen) atoms. The van der Waals surface area contributed by atoms with Crippen molar-refractivity contribution >= 4 is 17.5 Å². The van der Waals surface area contributed by atoms with Gasteiger partial charge in [0.25, 0.3) is 0 Å². The first kappa shape index (κ1) is 10.9. The fraction of sp³-hybridized carbons (Fsp3) is 0.125. The normalized spacial score (nSPS) is 13.8. The SMILES string of the molecule is CN1C(=Cc2ccccc2)N(C)c2ccccc21. The van der Waals surface area contributed by atoms with E-state index >= 15 is 0 Å². The van der Waals surface area contributed by atoms with Crippen molar-refractivity contribution in [3.8, 4) is 0 Å². The van der Waals surface area contributed by atoms with E-state index in [1.165, 1.54) is 22.8 Å². The van der Waals surface area contributed by atoms with Crippen LogP contribution in [0.15, 0.2) is 60.4 Å². The number of anilines is 2. The van der Waals surface area contributed by atoms with E-state index in [0.717, 1.165) is 0 Å². The zero-order valence-corrected chi connectivity index (χ0v) is 10.7. The summed E-state index contributed by atoms with van der Waals surface area (Å²) in [7, 11) is 4.22. The molecule has 0 fully saturated rings. The summed E-state index contributed by atoms with van der Waals surface area (Å²) in [6, 6.07) is 18.9. The largest absolute Gasteiger partial charge is 0.329 e. The summed E-state index contributed by atoms with van der Waals surface area (Å²) in [5, 5.41) is 0. The number of nitrogens with zero attached hydrogens (tertiary/aromatic N) is 2. The van der Waals surface area contributed by atoms with Crippen LogP contribution in [0.5, 0.6) is 0 Å².